The highest BCUT2D eigenvalue weighted by molar-refractivity contribution is 5.93. The molecule has 4 nitrogen and oxygen atoms in total. The number of piperidine rings is 1. The summed E-state index contributed by atoms with van der Waals surface area (Å²) in [7, 11) is 0. The highest BCUT2D eigenvalue weighted by atomic mass is 16.1. The van der Waals surface area contributed by atoms with E-state index in [9.17, 15) is 4.79 Å². The van der Waals surface area contributed by atoms with E-state index in [0.29, 0.717) is 11.6 Å². The summed E-state index contributed by atoms with van der Waals surface area (Å²) in [6.07, 6.45) is 0. The van der Waals surface area contributed by atoms with Crippen LogP contribution in [0, 0.1) is 18.8 Å². The third-order valence-electron chi connectivity index (χ3n) is 3.92. The van der Waals surface area contributed by atoms with Gasteiger partial charge in [-0.1, -0.05) is 0 Å². The van der Waals surface area contributed by atoms with Crippen molar-refractivity contribution in [3.8, 4) is 0 Å². The Kier molecular flexibility index (Phi) is 2.33. The molecule has 4 heteroatoms. The number of amides is 1. The van der Waals surface area contributed by atoms with E-state index in [-0.39, 0.29) is 5.91 Å². The minimum atomic E-state index is -0.368. The number of benzene rings is 1. The lowest BCUT2D eigenvalue weighted by atomic mass is 10.1. The average molecular weight is 231 g/mol. The molecule has 0 radical (unpaired) electrons. The van der Waals surface area contributed by atoms with E-state index in [1.807, 2.05) is 19.1 Å². The standard InChI is InChI=1S/C13H17N3O/c1-7-4-8(13(14)17)2-3-11(7)16-12-9-5-15-6-10(9)12/h2-4,9-10,12,15-16H,5-6H2,1H3,(H2,14,17). The highest BCUT2D eigenvalue weighted by Crippen LogP contribution is 2.44. The molecule has 2 aliphatic rings. The molecule has 3 rings (SSSR count). The molecule has 1 aliphatic carbocycles. The van der Waals surface area contributed by atoms with E-state index in [0.717, 1.165) is 36.2 Å². The van der Waals surface area contributed by atoms with Crippen LogP contribution in [0.2, 0.25) is 0 Å². The Morgan fingerprint density at radius 3 is 2.71 bits per heavy atom. The number of carbonyl (C=O) groups excluding carboxylic acids is 1. The summed E-state index contributed by atoms with van der Waals surface area (Å²) in [6, 6.07) is 6.20. The minimum absolute atomic E-state index is 0.368. The molecule has 2 fully saturated rings. The van der Waals surface area contributed by atoms with Gasteiger partial charge in [0.25, 0.3) is 0 Å². The van der Waals surface area contributed by atoms with Crippen molar-refractivity contribution >= 4 is 11.6 Å². The first-order chi connectivity index (χ1) is 8.16. The number of fused-ring (bicyclic) bond motifs is 1. The van der Waals surface area contributed by atoms with Crippen molar-refractivity contribution < 1.29 is 4.79 Å². The van der Waals surface area contributed by atoms with Gasteiger partial charge < -0.3 is 16.4 Å². The zero-order chi connectivity index (χ0) is 12.0. The van der Waals surface area contributed by atoms with Crippen LogP contribution in [0.25, 0.3) is 0 Å². The number of aryl methyl sites for hydroxylation is 1. The first kappa shape index (κ1) is 10.6. The molecule has 1 aliphatic heterocycles. The number of nitrogens with two attached hydrogens (primary N) is 1. The Morgan fingerprint density at radius 2 is 2.12 bits per heavy atom. The Balaban J connectivity index is 1.73. The number of nitrogens with one attached hydrogen (secondary N) is 2. The molecular formula is C13H17N3O. The van der Waals surface area contributed by atoms with Crippen LogP contribution < -0.4 is 16.4 Å². The van der Waals surface area contributed by atoms with Gasteiger partial charge >= 0.3 is 0 Å². The second kappa shape index (κ2) is 3.74. The highest BCUT2D eigenvalue weighted by Gasteiger charge is 2.52. The lowest BCUT2D eigenvalue weighted by Gasteiger charge is -2.12. The molecule has 1 aromatic carbocycles. The number of carbonyl (C=O) groups is 1. The summed E-state index contributed by atoms with van der Waals surface area (Å²) in [5, 5.41) is 6.94. The summed E-state index contributed by atoms with van der Waals surface area (Å²) < 4.78 is 0. The Bertz CT molecular complexity index is 462. The van der Waals surface area contributed by atoms with Gasteiger partial charge in [0.2, 0.25) is 5.91 Å². The van der Waals surface area contributed by atoms with Crippen LogP contribution in [0.1, 0.15) is 15.9 Å². The molecule has 1 heterocycles. The Hall–Kier alpha value is -1.55. The van der Waals surface area contributed by atoms with E-state index in [2.05, 4.69) is 10.6 Å². The monoisotopic (exact) mass is 231 g/mol. The van der Waals surface area contributed by atoms with E-state index < -0.39 is 0 Å². The molecule has 90 valence electrons. The molecule has 0 spiro atoms. The first-order valence-electron chi connectivity index (χ1n) is 6.04. The van der Waals surface area contributed by atoms with Crippen LogP contribution in [-0.2, 0) is 0 Å². The van der Waals surface area contributed by atoms with E-state index in [4.69, 9.17) is 5.73 Å². The number of anilines is 1. The zero-order valence-electron chi connectivity index (χ0n) is 9.86. The van der Waals surface area contributed by atoms with E-state index in [1.54, 1.807) is 6.07 Å². The molecule has 1 saturated heterocycles. The topological polar surface area (TPSA) is 67.2 Å². The molecule has 0 aromatic heterocycles. The maximum absolute atomic E-state index is 11.1. The first-order valence-corrected chi connectivity index (χ1v) is 6.04. The maximum Gasteiger partial charge on any atom is 0.248 e. The van der Waals surface area contributed by atoms with Gasteiger partial charge in [0.1, 0.15) is 0 Å². The second-order valence-electron chi connectivity index (χ2n) is 5.05. The van der Waals surface area contributed by atoms with Gasteiger partial charge in [-0.3, -0.25) is 4.79 Å². The van der Waals surface area contributed by atoms with Crippen molar-refractivity contribution in [2.24, 2.45) is 17.6 Å². The van der Waals surface area contributed by atoms with Crippen LogP contribution in [-0.4, -0.2) is 25.0 Å². The molecule has 2 unspecified atom stereocenters. The molecule has 2 atom stereocenters. The van der Waals surface area contributed by atoms with Gasteiger partial charge in [0.15, 0.2) is 0 Å². The fourth-order valence-electron chi connectivity index (χ4n) is 2.79. The number of primary amides is 1. The Morgan fingerprint density at radius 1 is 1.41 bits per heavy atom. The fraction of sp³-hybridized carbons (Fsp3) is 0.462. The van der Waals surface area contributed by atoms with E-state index >= 15 is 0 Å². The zero-order valence-corrected chi connectivity index (χ0v) is 9.86. The molecule has 1 saturated carbocycles. The van der Waals surface area contributed by atoms with E-state index in [1.165, 1.54) is 0 Å². The van der Waals surface area contributed by atoms with Crippen molar-refractivity contribution in [2.45, 2.75) is 13.0 Å². The second-order valence-corrected chi connectivity index (χ2v) is 5.05. The van der Waals surface area contributed by atoms with Crippen LogP contribution in [0.15, 0.2) is 18.2 Å². The predicted molar refractivity (Wildman–Crippen MR) is 67.0 cm³/mol. The van der Waals surface area contributed by atoms with Gasteiger partial charge in [0.05, 0.1) is 0 Å². The quantitative estimate of drug-likeness (QED) is 0.718. The third kappa shape index (κ3) is 1.78. The normalized spacial score (nSPS) is 29.8. The predicted octanol–water partition coefficient (Wildman–Crippen LogP) is 0.724. The third-order valence-corrected chi connectivity index (χ3v) is 3.92. The molecular weight excluding hydrogens is 214 g/mol. The summed E-state index contributed by atoms with van der Waals surface area (Å²) >= 11 is 0. The number of hydrogen-bond donors (Lipinski definition) is 3. The van der Waals surface area contributed by atoms with Gasteiger partial charge in [-0.05, 0) is 42.5 Å². The lowest BCUT2D eigenvalue weighted by Crippen LogP contribution is -2.21. The van der Waals surface area contributed by atoms with Crippen LogP contribution >= 0.6 is 0 Å². The van der Waals surface area contributed by atoms with Gasteiger partial charge in [-0.15, -0.1) is 0 Å². The van der Waals surface area contributed by atoms with Gasteiger partial charge in [-0.25, -0.2) is 0 Å². The smallest absolute Gasteiger partial charge is 0.248 e. The van der Waals surface area contributed by atoms with Crippen molar-refractivity contribution in [3.05, 3.63) is 29.3 Å². The summed E-state index contributed by atoms with van der Waals surface area (Å²) in [6.45, 7) is 4.26. The number of hydrogen-bond acceptors (Lipinski definition) is 3. The molecule has 1 aromatic rings. The Labute approximate surface area is 101 Å². The molecule has 4 N–H and O–H groups in total. The average Bonchev–Trinajstić information content (AvgIpc) is 2.74. The largest absolute Gasteiger partial charge is 0.381 e. The van der Waals surface area contributed by atoms with Crippen LogP contribution in [0.5, 0.6) is 0 Å². The van der Waals surface area contributed by atoms with Crippen molar-refractivity contribution in [1.82, 2.24) is 5.32 Å². The van der Waals surface area contributed by atoms with Crippen LogP contribution in [0.3, 0.4) is 0 Å². The van der Waals surface area contributed by atoms with Gasteiger partial charge in [-0.2, -0.15) is 0 Å². The fourth-order valence-corrected chi connectivity index (χ4v) is 2.79. The van der Waals surface area contributed by atoms with Gasteiger partial charge in [0, 0.05) is 30.4 Å². The summed E-state index contributed by atoms with van der Waals surface area (Å²) in [5.41, 5.74) is 8.03. The molecule has 17 heavy (non-hydrogen) atoms. The maximum atomic E-state index is 11.1. The summed E-state index contributed by atoms with van der Waals surface area (Å²) in [5.74, 6) is 1.20. The van der Waals surface area contributed by atoms with Crippen molar-refractivity contribution in [1.29, 1.82) is 0 Å². The number of rotatable bonds is 3. The van der Waals surface area contributed by atoms with Crippen molar-refractivity contribution in [2.75, 3.05) is 18.4 Å². The molecule has 1 amide bonds. The minimum Gasteiger partial charge on any atom is -0.381 e. The SMILES string of the molecule is Cc1cc(C(N)=O)ccc1NC1C2CNCC21. The van der Waals surface area contributed by atoms with Crippen LogP contribution in [0.4, 0.5) is 5.69 Å². The van der Waals surface area contributed by atoms with Crippen molar-refractivity contribution in [3.63, 3.8) is 0 Å². The lowest BCUT2D eigenvalue weighted by molar-refractivity contribution is 0.100. The molecule has 0 bridgehead atoms. The summed E-state index contributed by atoms with van der Waals surface area (Å²) in [4.78, 5) is 11.1.